The Morgan fingerprint density at radius 1 is 1.04 bits per heavy atom. The number of aromatic nitrogens is 2. The van der Waals surface area contributed by atoms with E-state index >= 15 is 0 Å². The lowest BCUT2D eigenvalue weighted by atomic mass is 10.2. The van der Waals surface area contributed by atoms with Crippen LogP contribution in [0.4, 0.5) is 5.69 Å². The molecule has 0 fully saturated rings. The predicted octanol–water partition coefficient (Wildman–Crippen LogP) is 3.24. The van der Waals surface area contributed by atoms with Crippen molar-refractivity contribution < 1.29 is 8.42 Å². The summed E-state index contributed by atoms with van der Waals surface area (Å²) in [5.74, 6) is 0. The van der Waals surface area contributed by atoms with Crippen LogP contribution < -0.4 is 4.72 Å². The number of sulfonamides is 1. The minimum atomic E-state index is -3.57. The van der Waals surface area contributed by atoms with Crippen molar-refractivity contribution in [3.05, 3.63) is 72.8 Å². The largest absolute Gasteiger partial charge is 0.306 e. The molecule has 3 aromatic rings. The SMILES string of the molecule is CCc1ccc(S(=O)(=O)Nc2ccc(-n3ccnc3)cc2)cc1. The van der Waals surface area contributed by atoms with Crippen LogP contribution in [0.2, 0.25) is 0 Å². The van der Waals surface area contributed by atoms with Crippen molar-refractivity contribution in [2.75, 3.05) is 4.72 Å². The fourth-order valence-electron chi connectivity index (χ4n) is 2.23. The maximum atomic E-state index is 12.4. The average molecular weight is 327 g/mol. The second kappa shape index (κ2) is 6.26. The molecule has 23 heavy (non-hydrogen) atoms. The second-order valence-electron chi connectivity index (χ2n) is 5.12. The second-order valence-corrected chi connectivity index (χ2v) is 6.80. The summed E-state index contributed by atoms with van der Waals surface area (Å²) < 4.78 is 29.2. The van der Waals surface area contributed by atoms with Gasteiger partial charge in [-0.3, -0.25) is 4.72 Å². The molecule has 6 heteroatoms. The van der Waals surface area contributed by atoms with Gasteiger partial charge in [-0.2, -0.15) is 0 Å². The van der Waals surface area contributed by atoms with Crippen molar-refractivity contribution in [1.82, 2.24) is 9.55 Å². The maximum Gasteiger partial charge on any atom is 0.261 e. The number of aryl methyl sites for hydroxylation is 1. The van der Waals surface area contributed by atoms with E-state index in [1.54, 1.807) is 36.8 Å². The molecule has 5 nitrogen and oxygen atoms in total. The molecule has 1 aromatic heterocycles. The van der Waals surface area contributed by atoms with Crippen LogP contribution in [0.25, 0.3) is 5.69 Å². The lowest BCUT2D eigenvalue weighted by molar-refractivity contribution is 0.601. The molecule has 0 saturated carbocycles. The van der Waals surface area contributed by atoms with Crippen molar-refractivity contribution in [2.45, 2.75) is 18.2 Å². The molecule has 0 saturated heterocycles. The molecule has 2 aromatic carbocycles. The van der Waals surface area contributed by atoms with E-state index in [0.717, 1.165) is 17.7 Å². The number of hydrogen-bond acceptors (Lipinski definition) is 3. The molecule has 0 bridgehead atoms. The molecular formula is C17H17N3O2S. The Morgan fingerprint density at radius 2 is 1.74 bits per heavy atom. The highest BCUT2D eigenvalue weighted by Gasteiger charge is 2.13. The van der Waals surface area contributed by atoms with Crippen LogP contribution in [0.15, 0.2) is 72.1 Å². The van der Waals surface area contributed by atoms with Crippen LogP contribution in [0.5, 0.6) is 0 Å². The fourth-order valence-corrected chi connectivity index (χ4v) is 3.29. The van der Waals surface area contributed by atoms with Gasteiger partial charge < -0.3 is 4.57 Å². The summed E-state index contributed by atoms with van der Waals surface area (Å²) in [7, 11) is -3.57. The van der Waals surface area contributed by atoms with Crippen LogP contribution >= 0.6 is 0 Å². The minimum Gasteiger partial charge on any atom is -0.306 e. The Bertz CT molecular complexity index is 869. The Morgan fingerprint density at radius 3 is 2.30 bits per heavy atom. The zero-order valence-corrected chi connectivity index (χ0v) is 13.5. The van der Waals surface area contributed by atoms with Gasteiger partial charge in [-0.25, -0.2) is 13.4 Å². The monoisotopic (exact) mass is 327 g/mol. The number of benzene rings is 2. The van der Waals surface area contributed by atoms with Gasteiger partial charge in [0.15, 0.2) is 0 Å². The molecule has 0 atom stereocenters. The molecule has 0 aliphatic rings. The smallest absolute Gasteiger partial charge is 0.261 e. The summed E-state index contributed by atoms with van der Waals surface area (Å²) in [4.78, 5) is 4.24. The number of nitrogens with one attached hydrogen (secondary N) is 1. The van der Waals surface area contributed by atoms with Crippen molar-refractivity contribution in [3.8, 4) is 5.69 Å². The first-order valence-electron chi connectivity index (χ1n) is 7.28. The first-order valence-corrected chi connectivity index (χ1v) is 8.77. The van der Waals surface area contributed by atoms with Crippen molar-refractivity contribution in [3.63, 3.8) is 0 Å². The van der Waals surface area contributed by atoms with E-state index in [-0.39, 0.29) is 4.90 Å². The normalized spacial score (nSPS) is 11.3. The summed E-state index contributed by atoms with van der Waals surface area (Å²) in [6.07, 6.45) is 6.09. The lowest BCUT2D eigenvalue weighted by Crippen LogP contribution is -2.12. The first kappa shape index (κ1) is 15.3. The summed E-state index contributed by atoms with van der Waals surface area (Å²) in [6.45, 7) is 2.03. The van der Waals surface area contributed by atoms with Gasteiger partial charge in [0, 0.05) is 23.8 Å². The standard InChI is InChI=1S/C17H17N3O2S/c1-2-14-3-9-17(10-4-14)23(21,22)19-15-5-7-16(8-6-15)20-12-11-18-13-20/h3-13,19H,2H2,1H3. The molecule has 1 N–H and O–H groups in total. The van der Waals surface area contributed by atoms with Gasteiger partial charge in [-0.15, -0.1) is 0 Å². The van der Waals surface area contributed by atoms with E-state index in [4.69, 9.17) is 0 Å². The molecular weight excluding hydrogens is 310 g/mol. The van der Waals surface area contributed by atoms with Gasteiger partial charge in [0.05, 0.1) is 11.2 Å². The van der Waals surface area contributed by atoms with E-state index < -0.39 is 10.0 Å². The van der Waals surface area contributed by atoms with Crippen molar-refractivity contribution >= 4 is 15.7 Å². The van der Waals surface area contributed by atoms with Crippen LogP contribution in [-0.2, 0) is 16.4 Å². The molecule has 0 radical (unpaired) electrons. The summed E-state index contributed by atoms with van der Waals surface area (Å²) in [5, 5.41) is 0. The first-order chi connectivity index (χ1) is 11.1. The molecule has 0 unspecified atom stereocenters. The van der Waals surface area contributed by atoms with Crippen LogP contribution in [0.3, 0.4) is 0 Å². The Labute approximate surface area is 135 Å². The van der Waals surface area contributed by atoms with E-state index in [1.165, 1.54) is 0 Å². The number of nitrogens with zero attached hydrogens (tertiary/aromatic N) is 2. The number of rotatable bonds is 5. The molecule has 1 heterocycles. The fraction of sp³-hybridized carbons (Fsp3) is 0.118. The van der Waals surface area contributed by atoms with E-state index in [0.29, 0.717) is 5.69 Å². The van der Waals surface area contributed by atoms with Crippen molar-refractivity contribution in [2.24, 2.45) is 0 Å². The average Bonchev–Trinajstić information content (AvgIpc) is 3.10. The topological polar surface area (TPSA) is 64.0 Å². The molecule has 3 rings (SSSR count). The summed E-state index contributed by atoms with van der Waals surface area (Å²) in [5.41, 5.74) is 2.54. The van der Waals surface area contributed by atoms with Crippen LogP contribution in [0.1, 0.15) is 12.5 Å². The number of hydrogen-bond donors (Lipinski definition) is 1. The summed E-state index contributed by atoms with van der Waals surface area (Å²) >= 11 is 0. The molecule has 0 amide bonds. The third-order valence-corrected chi connectivity index (χ3v) is 4.96. The highest BCUT2D eigenvalue weighted by atomic mass is 32.2. The predicted molar refractivity (Wildman–Crippen MR) is 90.2 cm³/mol. The van der Waals surface area contributed by atoms with Crippen LogP contribution in [-0.4, -0.2) is 18.0 Å². The van der Waals surface area contributed by atoms with Gasteiger partial charge >= 0.3 is 0 Å². The highest BCUT2D eigenvalue weighted by Crippen LogP contribution is 2.18. The lowest BCUT2D eigenvalue weighted by Gasteiger charge is -2.09. The number of anilines is 1. The Kier molecular flexibility index (Phi) is 4.16. The molecule has 0 aliphatic heterocycles. The van der Waals surface area contributed by atoms with Crippen LogP contribution in [0, 0.1) is 0 Å². The zero-order chi connectivity index (χ0) is 16.3. The van der Waals surface area contributed by atoms with Gasteiger partial charge in [-0.1, -0.05) is 19.1 Å². The van der Waals surface area contributed by atoms with Gasteiger partial charge in [0.2, 0.25) is 0 Å². The van der Waals surface area contributed by atoms with Crippen molar-refractivity contribution in [1.29, 1.82) is 0 Å². The maximum absolute atomic E-state index is 12.4. The Balaban J connectivity index is 1.79. The Hall–Kier alpha value is -2.60. The molecule has 0 aliphatic carbocycles. The molecule has 118 valence electrons. The van der Waals surface area contributed by atoms with Gasteiger partial charge in [0.1, 0.15) is 0 Å². The summed E-state index contributed by atoms with van der Waals surface area (Å²) in [6, 6.07) is 14.0. The van der Waals surface area contributed by atoms with Gasteiger partial charge in [-0.05, 0) is 48.4 Å². The third-order valence-electron chi connectivity index (χ3n) is 3.56. The minimum absolute atomic E-state index is 0.258. The third kappa shape index (κ3) is 3.43. The van der Waals surface area contributed by atoms with E-state index in [2.05, 4.69) is 9.71 Å². The quantitative estimate of drug-likeness (QED) is 0.782. The molecule has 0 spiro atoms. The highest BCUT2D eigenvalue weighted by molar-refractivity contribution is 7.92. The van der Waals surface area contributed by atoms with E-state index in [1.807, 2.05) is 42.0 Å². The zero-order valence-electron chi connectivity index (χ0n) is 12.7. The number of imidazole rings is 1. The van der Waals surface area contributed by atoms with Gasteiger partial charge in [0.25, 0.3) is 10.0 Å². The van der Waals surface area contributed by atoms with E-state index in [9.17, 15) is 8.42 Å².